The van der Waals surface area contributed by atoms with Gasteiger partial charge in [-0.3, -0.25) is 9.69 Å². The summed E-state index contributed by atoms with van der Waals surface area (Å²) in [5.74, 6) is 0.439. The summed E-state index contributed by atoms with van der Waals surface area (Å²) in [6.07, 6.45) is 7.68. The van der Waals surface area contributed by atoms with Crippen LogP contribution in [0.25, 0.3) is 0 Å². The van der Waals surface area contributed by atoms with E-state index in [0.717, 1.165) is 51.5 Å². The van der Waals surface area contributed by atoms with E-state index in [9.17, 15) is 14.0 Å². The molecule has 1 atom stereocenters. The fraction of sp³-hybridized carbons (Fsp3) is 0.462. The van der Waals surface area contributed by atoms with E-state index in [4.69, 9.17) is 0 Å². The number of likely N-dealkylation sites (tertiary alicyclic amines) is 1. The predicted octanol–water partition coefficient (Wildman–Crippen LogP) is 5.37. The molecular weight excluding hydrogens is 405 g/mol. The van der Waals surface area contributed by atoms with E-state index in [0.29, 0.717) is 23.2 Å². The van der Waals surface area contributed by atoms with Gasteiger partial charge in [-0.15, -0.1) is 0 Å². The van der Waals surface area contributed by atoms with E-state index in [1.165, 1.54) is 12.5 Å². The summed E-state index contributed by atoms with van der Waals surface area (Å²) in [6.45, 7) is 2.53. The van der Waals surface area contributed by atoms with Crippen molar-refractivity contribution < 1.29 is 14.0 Å². The largest absolute Gasteiger partial charge is 0.322 e. The Hall–Kier alpha value is -2.73. The van der Waals surface area contributed by atoms with Gasteiger partial charge in [-0.25, -0.2) is 9.18 Å². The highest BCUT2D eigenvalue weighted by Crippen LogP contribution is 2.33. The number of hydrogen-bond donors (Lipinski definition) is 2. The van der Waals surface area contributed by atoms with Crippen LogP contribution in [-0.2, 0) is 6.42 Å². The molecule has 2 aromatic rings. The third-order valence-corrected chi connectivity index (χ3v) is 6.84. The second-order valence-corrected chi connectivity index (χ2v) is 9.14. The van der Waals surface area contributed by atoms with Crippen LogP contribution < -0.4 is 10.6 Å². The molecule has 1 aliphatic heterocycles. The molecular formula is C26H32FN3O2. The van der Waals surface area contributed by atoms with Crippen LogP contribution in [0.3, 0.4) is 0 Å². The molecule has 1 unspecified atom stereocenters. The van der Waals surface area contributed by atoms with Gasteiger partial charge in [0.25, 0.3) is 0 Å². The molecule has 0 radical (unpaired) electrons. The first-order valence-electron chi connectivity index (χ1n) is 11.7. The number of rotatable bonds is 6. The lowest BCUT2D eigenvalue weighted by molar-refractivity contribution is 0.101. The lowest BCUT2D eigenvalue weighted by atomic mass is 9.82. The van der Waals surface area contributed by atoms with Crippen molar-refractivity contribution in [1.82, 2.24) is 10.2 Å². The number of benzene rings is 2. The molecule has 1 aliphatic carbocycles. The number of amides is 2. The van der Waals surface area contributed by atoms with E-state index >= 15 is 0 Å². The lowest BCUT2D eigenvalue weighted by Gasteiger charge is -2.38. The number of hydrogen-bond acceptors (Lipinski definition) is 3. The van der Waals surface area contributed by atoms with Crippen LogP contribution in [-0.4, -0.2) is 35.5 Å². The summed E-state index contributed by atoms with van der Waals surface area (Å²) < 4.78 is 13.1. The molecule has 0 aromatic heterocycles. The fourth-order valence-electron chi connectivity index (χ4n) is 5.15. The number of carbonyl (C=O) groups is 2. The van der Waals surface area contributed by atoms with Crippen LogP contribution in [0.2, 0.25) is 0 Å². The number of Topliss-reactive ketones (excluding diaryl/α,β-unsaturated/α-hetero) is 1. The van der Waals surface area contributed by atoms with E-state index in [1.54, 1.807) is 36.4 Å². The number of urea groups is 1. The molecule has 5 nitrogen and oxygen atoms in total. The zero-order valence-corrected chi connectivity index (χ0v) is 18.6. The second-order valence-electron chi connectivity index (χ2n) is 9.14. The Morgan fingerprint density at radius 1 is 1.03 bits per heavy atom. The Morgan fingerprint density at radius 3 is 2.50 bits per heavy atom. The molecule has 2 N–H and O–H groups in total. The summed E-state index contributed by atoms with van der Waals surface area (Å²) in [5, 5.41) is 6.01. The van der Waals surface area contributed by atoms with Gasteiger partial charge in [-0.2, -0.15) is 0 Å². The predicted molar refractivity (Wildman–Crippen MR) is 124 cm³/mol. The van der Waals surface area contributed by atoms with Crippen molar-refractivity contribution in [1.29, 1.82) is 0 Å². The van der Waals surface area contributed by atoms with Gasteiger partial charge in [0, 0.05) is 23.8 Å². The number of ketones is 1. The van der Waals surface area contributed by atoms with E-state index < -0.39 is 0 Å². The minimum absolute atomic E-state index is 0.0222. The highest BCUT2D eigenvalue weighted by molar-refractivity contribution is 5.96. The van der Waals surface area contributed by atoms with Gasteiger partial charge in [0.15, 0.2) is 5.78 Å². The molecule has 2 aliphatic rings. The third kappa shape index (κ3) is 5.74. The molecule has 4 rings (SSSR count). The standard InChI is InChI=1S/C26H32FN3O2/c1-18(31)21-4-2-5-23(17-21)28-26(32)29-25-6-3-15-30(25)24-13-9-20(10-14-24)16-19-7-11-22(27)12-8-19/h2,4-5,7-8,11-12,17,20,24-25H,3,6,9-10,13-16H2,1H3,(H2,28,29,32)/t20-,24+,25?. The van der Waals surface area contributed by atoms with Gasteiger partial charge in [-0.05, 0) is 87.6 Å². The van der Waals surface area contributed by atoms with Crippen LogP contribution in [0, 0.1) is 11.7 Å². The molecule has 1 saturated carbocycles. The first-order valence-corrected chi connectivity index (χ1v) is 11.7. The van der Waals surface area contributed by atoms with E-state index in [-0.39, 0.29) is 23.8 Å². The Labute approximate surface area is 189 Å². The van der Waals surface area contributed by atoms with E-state index in [2.05, 4.69) is 15.5 Å². The highest BCUT2D eigenvalue weighted by atomic mass is 19.1. The van der Waals surface area contributed by atoms with Crippen molar-refractivity contribution in [3.63, 3.8) is 0 Å². The zero-order valence-electron chi connectivity index (χ0n) is 18.6. The van der Waals surface area contributed by atoms with Crippen LogP contribution in [0.5, 0.6) is 0 Å². The molecule has 0 spiro atoms. The minimum Gasteiger partial charge on any atom is -0.322 e. The SMILES string of the molecule is CC(=O)c1cccc(NC(=O)NC2CCCN2[C@H]2CC[C@@H](Cc3ccc(F)cc3)CC2)c1. The van der Waals surface area contributed by atoms with Crippen LogP contribution >= 0.6 is 0 Å². The van der Waals surface area contributed by atoms with Gasteiger partial charge in [-0.1, -0.05) is 24.3 Å². The normalized spacial score (nSPS) is 23.6. The summed E-state index contributed by atoms with van der Waals surface area (Å²) >= 11 is 0. The van der Waals surface area contributed by atoms with Crippen LogP contribution in [0.1, 0.15) is 61.4 Å². The van der Waals surface area contributed by atoms with Crippen molar-refractivity contribution >= 4 is 17.5 Å². The van der Waals surface area contributed by atoms with Gasteiger partial charge < -0.3 is 10.6 Å². The number of nitrogens with zero attached hydrogens (tertiary/aromatic N) is 1. The molecule has 1 heterocycles. The van der Waals surface area contributed by atoms with Gasteiger partial charge in [0.1, 0.15) is 5.82 Å². The van der Waals surface area contributed by atoms with Crippen molar-refractivity contribution in [3.8, 4) is 0 Å². The first kappa shape index (κ1) is 22.5. The maximum Gasteiger partial charge on any atom is 0.320 e. The van der Waals surface area contributed by atoms with Gasteiger partial charge in [0.2, 0.25) is 0 Å². The summed E-state index contributed by atoms with van der Waals surface area (Å²) in [5.41, 5.74) is 2.42. The summed E-state index contributed by atoms with van der Waals surface area (Å²) in [4.78, 5) is 26.6. The number of carbonyl (C=O) groups excluding carboxylic acids is 2. The molecule has 2 aromatic carbocycles. The molecule has 1 saturated heterocycles. The molecule has 32 heavy (non-hydrogen) atoms. The Bertz CT molecular complexity index is 938. The fourth-order valence-corrected chi connectivity index (χ4v) is 5.15. The number of nitrogens with one attached hydrogen (secondary N) is 2. The Kier molecular flexibility index (Phi) is 7.20. The Morgan fingerprint density at radius 2 is 1.78 bits per heavy atom. The minimum atomic E-state index is -0.229. The topological polar surface area (TPSA) is 61.4 Å². The molecule has 2 fully saturated rings. The lowest BCUT2D eigenvalue weighted by Crippen LogP contribution is -2.50. The zero-order chi connectivity index (χ0) is 22.5. The van der Waals surface area contributed by atoms with Crippen LogP contribution in [0.15, 0.2) is 48.5 Å². The quantitative estimate of drug-likeness (QED) is 0.597. The average molecular weight is 438 g/mol. The van der Waals surface area contributed by atoms with Crippen molar-refractivity contribution in [2.45, 2.75) is 64.1 Å². The maximum absolute atomic E-state index is 13.1. The van der Waals surface area contributed by atoms with Crippen LogP contribution in [0.4, 0.5) is 14.9 Å². The van der Waals surface area contributed by atoms with Crippen molar-refractivity contribution in [2.75, 3.05) is 11.9 Å². The van der Waals surface area contributed by atoms with E-state index in [1.807, 2.05) is 12.1 Å². The molecule has 2 amide bonds. The van der Waals surface area contributed by atoms with Gasteiger partial charge in [0.05, 0.1) is 6.17 Å². The third-order valence-electron chi connectivity index (χ3n) is 6.84. The molecule has 0 bridgehead atoms. The van der Waals surface area contributed by atoms with Crippen molar-refractivity contribution in [2.24, 2.45) is 5.92 Å². The molecule has 170 valence electrons. The molecule has 6 heteroatoms. The summed E-state index contributed by atoms with van der Waals surface area (Å²) in [7, 11) is 0. The Balaban J connectivity index is 1.27. The monoisotopic (exact) mass is 437 g/mol. The number of halogens is 1. The second kappa shape index (κ2) is 10.3. The number of anilines is 1. The smallest absolute Gasteiger partial charge is 0.320 e. The summed E-state index contributed by atoms with van der Waals surface area (Å²) in [6, 6.07) is 14.2. The highest BCUT2D eigenvalue weighted by Gasteiger charge is 2.34. The maximum atomic E-state index is 13.1. The van der Waals surface area contributed by atoms with Crippen molar-refractivity contribution in [3.05, 3.63) is 65.5 Å². The first-order chi connectivity index (χ1) is 15.5. The van der Waals surface area contributed by atoms with Gasteiger partial charge >= 0.3 is 6.03 Å². The average Bonchev–Trinajstić information content (AvgIpc) is 3.24.